The maximum atomic E-state index is 5.86. The monoisotopic (exact) mass is 391 g/mol. The Kier molecular flexibility index (Phi) is 4.89. The highest BCUT2D eigenvalue weighted by atomic mass is 32.2. The minimum absolute atomic E-state index is 0.210. The second kappa shape index (κ2) is 7.81. The molecule has 1 fully saturated rings. The first-order chi connectivity index (χ1) is 13.9. The Morgan fingerprint density at radius 1 is 1.04 bits per heavy atom. The number of ether oxygens (including phenoxy) is 1. The fourth-order valence-electron chi connectivity index (χ4n) is 3.70. The summed E-state index contributed by atoms with van der Waals surface area (Å²) in [4.78, 5) is 0. The lowest BCUT2D eigenvalue weighted by Gasteiger charge is -2.14. The number of aromatic nitrogens is 3. The Bertz CT molecular complexity index is 1060. The molecule has 2 aromatic carbocycles. The molecule has 0 N–H and O–H groups in total. The van der Waals surface area contributed by atoms with E-state index in [9.17, 15) is 0 Å². The number of nitrogens with zero attached hydrogens (tertiary/aromatic N) is 3. The van der Waals surface area contributed by atoms with E-state index in [0.29, 0.717) is 0 Å². The second-order valence-electron chi connectivity index (χ2n) is 6.96. The number of benzene rings is 2. The normalized spacial score (nSPS) is 16.8. The van der Waals surface area contributed by atoms with E-state index in [0.717, 1.165) is 48.5 Å². The molecule has 1 saturated heterocycles. The van der Waals surface area contributed by atoms with Crippen molar-refractivity contribution in [2.75, 3.05) is 6.61 Å². The van der Waals surface area contributed by atoms with Crippen molar-refractivity contribution in [1.29, 1.82) is 0 Å². The van der Waals surface area contributed by atoms with E-state index >= 15 is 0 Å². The third-order valence-electron chi connectivity index (χ3n) is 5.11. The summed E-state index contributed by atoms with van der Waals surface area (Å²) in [6, 6.07) is 18.7. The topological polar surface area (TPSA) is 53.1 Å². The maximum Gasteiger partial charge on any atom is 0.200 e. The Labute approximate surface area is 167 Å². The van der Waals surface area contributed by atoms with Gasteiger partial charge in [-0.15, -0.1) is 10.2 Å². The predicted molar refractivity (Wildman–Crippen MR) is 110 cm³/mol. The second-order valence-corrected chi connectivity index (χ2v) is 7.90. The van der Waals surface area contributed by atoms with Gasteiger partial charge in [-0.25, -0.2) is 0 Å². The Balaban J connectivity index is 1.44. The minimum atomic E-state index is 0.210. The van der Waals surface area contributed by atoms with Crippen LogP contribution >= 0.6 is 11.8 Å². The molecule has 142 valence electrons. The summed E-state index contributed by atoms with van der Waals surface area (Å²) in [6.07, 6.45) is 4.06. The van der Waals surface area contributed by atoms with Gasteiger partial charge in [0.05, 0.1) is 18.9 Å². The molecule has 5 rings (SSSR count). The Morgan fingerprint density at radius 2 is 1.96 bits per heavy atom. The van der Waals surface area contributed by atoms with Gasteiger partial charge in [0.2, 0.25) is 5.82 Å². The van der Waals surface area contributed by atoms with Crippen LogP contribution in [0.5, 0.6) is 0 Å². The van der Waals surface area contributed by atoms with Crippen LogP contribution in [0.4, 0.5) is 0 Å². The van der Waals surface area contributed by atoms with Crippen molar-refractivity contribution in [3.63, 3.8) is 0 Å². The van der Waals surface area contributed by atoms with E-state index in [1.165, 1.54) is 16.3 Å². The van der Waals surface area contributed by atoms with Crippen LogP contribution in [0.15, 0.2) is 70.4 Å². The smallest absolute Gasteiger partial charge is 0.200 e. The van der Waals surface area contributed by atoms with Crippen LogP contribution in [0.3, 0.4) is 0 Å². The number of furan rings is 1. The molecular formula is C22H21N3O2S. The van der Waals surface area contributed by atoms with E-state index in [1.54, 1.807) is 18.0 Å². The number of fused-ring (bicyclic) bond motifs is 1. The number of hydrogen-bond acceptors (Lipinski definition) is 5. The van der Waals surface area contributed by atoms with Gasteiger partial charge in [0.25, 0.3) is 0 Å². The van der Waals surface area contributed by atoms with Crippen LogP contribution in [-0.2, 0) is 17.0 Å². The van der Waals surface area contributed by atoms with Gasteiger partial charge in [0.1, 0.15) is 0 Å². The third kappa shape index (κ3) is 3.45. The fourth-order valence-corrected chi connectivity index (χ4v) is 4.65. The largest absolute Gasteiger partial charge is 0.461 e. The molecule has 4 aromatic rings. The molecular weight excluding hydrogens is 370 g/mol. The first-order valence-electron chi connectivity index (χ1n) is 9.56. The number of rotatable bonds is 6. The van der Waals surface area contributed by atoms with E-state index in [2.05, 4.69) is 57.2 Å². The molecule has 6 heteroatoms. The van der Waals surface area contributed by atoms with Crippen LogP contribution < -0.4 is 0 Å². The average molecular weight is 391 g/mol. The number of thioether (sulfide) groups is 1. The molecule has 0 spiro atoms. The van der Waals surface area contributed by atoms with Crippen LogP contribution in [-0.4, -0.2) is 27.5 Å². The summed E-state index contributed by atoms with van der Waals surface area (Å²) in [5.41, 5.74) is 1.30. The Hall–Kier alpha value is -2.57. The first-order valence-corrected chi connectivity index (χ1v) is 10.6. The van der Waals surface area contributed by atoms with E-state index in [1.807, 2.05) is 12.1 Å². The van der Waals surface area contributed by atoms with Gasteiger partial charge in [-0.2, -0.15) is 0 Å². The summed E-state index contributed by atoms with van der Waals surface area (Å²) in [6.45, 7) is 1.59. The summed E-state index contributed by atoms with van der Waals surface area (Å²) >= 11 is 1.71. The molecule has 0 aliphatic carbocycles. The van der Waals surface area contributed by atoms with Crippen molar-refractivity contribution in [2.24, 2.45) is 0 Å². The molecule has 1 aliphatic rings. The SMILES string of the molecule is c1coc(-c2nnc(SCc3cccc4ccccc34)n2CC2CCCO2)c1. The molecule has 0 amide bonds. The van der Waals surface area contributed by atoms with Gasteiger partial charge < -0.3 is 9.15 Å². The highest BCUT2D eigenvalue weighted by Crippen LogP contribution is 2.30. The average Bonchev–Trinajstić information content (AvgIpc) is 3.49. The maximum absolute atomic E-state index is 5.86. The van der Waals surface area contributed by atoms with Crippen molar-refractivity contribution < 1.29 is 9.15 Å². The molecule has 0 bridgehead atoms. The first kappa shape index (κ1) is 17.5. The highest BCUT2D eigenvalue weighted by molar-refractivity contribution is 7.98. The highest BCUT2D eigenvalue weighted by Gasteiger charge is 2.22. The van der Waals surface area contributed by atoms with E-state index < -0.39 is 0 Å². The predicted octanol–water partition coefficient (Wildman–Crippen LogP) is 5.16. The summed E-state index contributed by atoms with van der Waals surface area (Å²) in [5.74, 6) is 2.34. The molecule has 0 radical (unpaired) electrons. The Morgan fingerprint density at radius 3 is 2.82 bits per heavy atom. The van der Waals surface area contributed by atoms with Crippen molar-refractivity contribution in [3.8, 4) is 11.6 Å². The van der Waals surface area contributed by atoms with Crippen molar-refractivity contribution in [1.82, 2.24) is 14.8 Å². The summed E-state index contributed by atoms with van der Waals surface area (Å²) in [7, 11) is 0. The quantitative estimate of drug-likeness (QED) is 0.425. The number of hydrogen-bond donors (Lipinski definition) is 0. The van der Waals surface area contributed by atoms with E-state index in [-0.39, 0.29) is 6.10 Å². The third-order valence-corrected chi connectivity index (χ3v) is 6.12. The lowest BCUT2D eigenvalue weighted by atomic mass is 10.1. The van der Waals surface area contributed by atoms with Gasteiger partial charge >= 0.3 is 0 Å². The van der Waals surface area contributed by atoms with Crippen LogP contribution in [0.25, 0.3) is 22.4 Å². The standard InChI is InChI=1S/C22H21N3O2S/c1-2-10-19-16(6-1)7-3-8-17(19)15-28-22-24-23-21(20-11-5-13-27-20)25(22)14-18-9-4-12-26-18/h1-3,5-8,10-11,13,18H,4,9,12,14-15H2. The van der Waals surface area contributed by atoms with Crippen LogP contribution in [0.1, 0.15) is 18.4 Å². The van der Waals surface area contributed by atoms with Gasteiger partial charge in [-0.1, -0.05) is 54.2 Å². The van der Waals surface area contributed by atoms with Crippen molar-refractivity contribution in [2.45, 2.75) is 36.4 Å². The van der Waals surface area contributed by atoms with Gasteiger partial charge in [-0.05, 0) is 41.3 Å². The molecule has 5 nitrogen and oxygen atoms in total. The zero-order valence-corrected chi connectivity index (χ0v) is 16.3. The molecule has 1 aliphatic heterocycles. The van der Waals surface area contributed by atoms with Gasteiger partial charge in [0.15, 0.2) is 10.9 Å². The lowest BCUT2D eigenvalue weighted by molar-refractivity contribution is 0.0952. The van der Waals surface area contributed by atoms with Crippen LogP contribution in [0, 0.1) is 0 Å². The summed E-state index contributed by atoms with van der Waals surface area (Å²) < 4.78 is 13.6. The van der Waals surface area contributed by atoms with Gasteiger partial charge in [-0.3, -0.25) is 4.57 Å². The summed E-state index contributed by atoms with van der Waals surface area (Å²) in [5, 5.41) is 12.3. The molecule has 0 saturated carbocycles. The zero-order chi connectivity index (χ0) is 18.8. The molecule has 1 atom stereocenters. The fraction of sp³-hybridized carbons (Fsp3) is 0.273. The van der Waals surface area contributed by atoms with Crippen molar-refractivity contribution >= 4 is 22.5 Å². The van der Waals surface area contributed by atoms with Crippen LogP contribution in [0.2, 0.25) is 0 Å². The van der Waals surface area contributed by atoms with E-state index in [4.69, 9.17) is 9.15 Å². The minimum Gasteiger partial charge on any atom is -0.461 e. The zero-order valence-electron chi connectivity index (χ0n) is 15.5. The molecule has 28 heavy (non-hydrogen) atoms. The molecule has 3 heterocycles. The lowest BCUT2D eigenvalue weighted by Crippen LogP contribution is -2.16. The molecule has 2 aromatic heterocycles. The van der Waals surface area contributed by atoms with Crippen molar-refractivity contribution in [3.05, 3.63) is 66.4 Å². The molecule has 1 unspecified atom stereocenters. The van der Waals surface area contributed by atoms with Gasteiger partial charge in [0, 0.05) is 12.4 Å².